The van der Waals surface area contributed by atoms with E-state index in [2.05, 4.69) is 18.7 Å². The summed E-state index contributed by atoms with van der Waals surface area (Å²) in [5.74, 6) is -0.334. The smallest absolute Gasteiger partial charge is 0.131 e. The van der Waals surface area contributed by atoms with Crippen LogP contribution in [0.15, 0.2) is 18.2 Å². The quantitative estimate of drug-likeness (QED) is 0.850. The van der Waals surface area contributed by atoms with Crippen molar-refractivity contribution in [2.75, 3.05) is 11.4 Å². The van der Waals surface area contributed by atoms with Gasteiger partial charge in [-0.05, 0) is 39.3 Å². The van der Waals surface area contributed by atoms with Gasteiger partial charge in [-0.15, -0.1) is 0 Å². The molecule has 0 aliphatic carbocycles. The van der Waals surface area contributed by atoms with Crippen molar-refractivity contribution in [2.45, 2.75) is 46.3 Å². The fourth-order valence-corrected chi connectivity index (χ4v) is 2.13. The van der Waals surface area contributed by atoms with Gasteiger partial charge in [-0.3, -0.25) is 0 Å². The minimum Gasteiger partial charge on any atom is -0.389 e. The third-order valence-corrected chi connectivity index (χ3v) is 3.22. The van der Waals surface area contributed by atoms with Crippen LogP contribution in [0.25, 0.3) is 0 Å². The van der Waals surface area contributed by atoms with Crippen LogP contribution in [-0.4, -0.2) is 17.7 Å². The lowest BCUT2D eigenvalue weighted by atomic mass is 10.0. The normalized spacial score (nSPS) is 14.5. The molecular weight excluding hydrogens is 217 g/mol. The number of rotatable bonds is 5. The van der Waals surface area contributed by atoms with E-state index in [9.17, 15) is 9.50 Å². The Hall–Kier alpha value is -1.09. The van der Waals surface area contributed by atoms with Gasteiger partial charge in [0.05, 0.1) is 6.10 Å². The van der Waals surface area contributed by atoms with Gasteiger partial charge >= 0.3 is 0 Å². The Labute approximate surface area is 103 Å². The lowest BCUT2D eigenvalue weighted by molar-refractivity contribution is 0.194. The van der Waals surface area contributed by atoms with Gasteiger partial charge in [0.2, 0.25) is 0 Å². The van der Waals surface area contributed by atoms with E-state index < -0.39 is 6.10 Å². The lowest BCUT2D eigenvalue weighted by Gasteiger charge is -2.32. The standard InChI is InChI=1S/C14H22FNO/c1-5-10(3)16(6-2)13-9-7-8-12(15)14(13)11(4)17/h7-11,17H,5-6H2,1-4H3. The van der Waals surface area contributed by atoms with Crippen molar-refractivity contribution in [1.82, 2.24) is 0 Å². The highest BCUT2D eigenvalue weighted by atomic mass is 19.1. The molecule has 0 amide bonds. The minimum absolute atomic E-state index is 0.333. The zero-order chi connectivity index (χ0) is 13.0. The SMILES string of the molecule is CCC(C)N(CC)c1cccc(F)c1C(C)O. The number of hydrogen-bond acceptors (Lipinski definition) is 2. The highest BCUT2D eigenvalue weighted by Crippen LogP contribution is 2.30. The molecule has 1 aromatic carbocycles. The van der Waals surface area contributed by atoms with Crippen molar-refractivity contribution in [2.24, 2.45) is 0 Å². The second-order valence-corrected chi connectivity index (χ2v) is 4.39. The topological polar surface area (TPSA) is 23.5 Å². The number of nitrogens with zero attached hydrogens (tertiary/aromatic N) is 1. The molecule has 17 heavy (non-hydrogen) atoms. The number of benzene rings is 1. The molecule has 0 fully saturated rings. The molecule has 0 aliphatic heterocycles. The van der Waals surface area contributed by atoms with Crippen molar-refractivity contribution in [3.8, 4) is 0 Å². The second kappa shape index (κ2) is 6.01. The molecule has 1 rings (SSSR count). The Bertz CT molecular complexity index is 365. The predicted molar refractivity (Wildman–Crippen MR) is 69.8 cm³/mol. The average molecular weight is 239 g/mol. The first-order chi connectivity index (χ1) is 8.02. The molecule has 2 atom stereocenters. The Kier molecular flexibility index (Phi) is 4.94. The highest BCUT2D eigenvalue weighted by molar-refractivity contribution is 5.55. The summed E-state index contributed by atoms with van der Waals surface area (Å²) in [4.78, 5) is 2.13. The van der Waals surface area contributed by atoms with Gasteiger partial charge in [-0.1, -0.05) is 13.0 Å². The van der Waals surface area contributed by atoms with Crippen molar-refractivity contribution >= 4 is 5.69 Å². The summed E-state index contributed by atoms with van der Waals surface area (Å²) in [6.45, 7) is 8.67. The van der Waals surface area contributed by atoms with Crippen LogP contribution in [-0.2, 0) is 0 Å². The maximum Gasteiger partial charge on any atom is 0.131 e. The van der Waals surface area contributed by atoms with Gasteiger partial charge in [0.1, 0.15) is 5.82 Å². The zero-order valence-corrected chi connectivity index (χ0v) is 11.1. The number of anilines is 1. The second-order valence-electron chi connectivity index (χ2n) is 4.39. The monoisotopic (exact) mass is 239 g/mol. The molecule has 0 saturated heterocycles. The lowest BCUT2D eigenvalue weighted by Crippen LogP contribution is -2.33. The molecule has 0 spiro atoms. The summed E-state index contributed by atoms with van der Waals surface area (Å²) < 4.78 is 13.8. The minimum atomic E-state index is -0.788. The van der Waals surface area contributed by atoms with Crippen molar-refractivity contribution in [3.63, 3.8) is 0 Å². The van der Waals surface area contributed by atoms with Gasteiger partial charge in [0, 0.05) is 23.8 Å². The Morgan fingerprint density at radius 1 is 1.29 bits per heavy atom. The van der Waals surface area contributed by atoms with Crippen molar-refractivity contribution in [3.05, 3.63) is 29.6 Å². The fourth-order valence-electron chi connectivity index (χ4n) is 2.13. The molecular formula is C14H22FNO. The summed E-state index contributed by atoms with van der Waals surface area (Å²) in [6, 6.07) is 5.30. The molecule has 3 heteroatoms. The summed E-state index contributed by atoms with van der Waals surface area (Å²) >= 11 is 0. The number of hydrogen-bond donors (Lipinski definition) is 1. The predicted octanol–water partition coefficient (Wildman–Crippen LogP) is 3.50. The third-order valence-electron chi connectivity index (χ3n) is 3.22. The molecule has 0 radical (unpaired) electrons. The van der Waals surface area contributed by atoms with E-state index in [1.807, 2.05) is 13.0 Å². The van der Waals surface area contributed by atoms with Crippen LogP contribution in [0.5, 0.6) is 0 Å². The molecule has 2 nitrogen and oxygen atoms in total. The van der Waals surface area contributed by atoms with Crippen LogP contribution in [0, 0.1) is 5.82 Å². The van der Waals surface area contributed by atoms with Gasteiger partial charge in [-0.2, -0.15) is 0 Å². The molecule has 1 N–H and O–H groups in total. The average Bonchev–Trinajstić information content (AvgIpc) is 2.29. The van der Waals surface area contributed by atoms with Crippen LogP contribution in [0.3, 0.4) is 0 Å². The zero-order valence-electron chi connectivity index (χ0n) is 11.1. The van der Waals surface area contributed by atoms with Gasteiger partial charge < -0.3 is 10.0 Å². The van der Waals surface area contributed by atoms with Crippen LogP contribution in [0.4, 0.5) is 10.1 Å². The van der Waals surface area contributed by atoms with Crippen molar-refractivity contribution in [1.29, 1.82) is 0 Å². The number of halogens is 1. The highest BCUT2D eigenvalue weighted by Gasteiger charge is 2.19. The van der Waals surface area contributed by atoms with E-state index >= 15 is 0 Å². The van der Waals surface area contributed by atoms with Gasteiger partial charge in [0.15, 0.2) is 0 Å². The largest absolute Gasteiger partial charge is 0.389 e. The first-order valence-corrected chi connectivity index (χ1v) is 6.26. The molecule has 0 aliphatic rings. The van der Waals surface area contributed by atoms with Gasteiger partial charge in [-0.25, -0.2) is 4.39 Å². The molecule has 0 bridgehead atoms. The van der Waals surface area contributed by atoms with E-state index in [4.69, 9.17) is 0 Å². The van der Waals surface area contributed by atoms with Crippen LogP contribution in [0.2, 0.25) is 0 Å². The summed E-state index contributed by atoms with van der Waals surface area (Å²) in [7, 11) is 0. The molecule has 2 unspecified atom stereocenters. The van der Waals surface area contributed by atoms with E-state index in [0.717, 1.165) is 18.7 Å². The van der Waals surface area contributed by atoms with E-state index in [1.54, 1.807) is 13.0 Å². The first kappa shape index (κ1) is 14.0. The van der Waals surface area contributed by atoms with Crippen LogP contribution in [0.1, 0.15) is 45.8 Å². The van der Waals surface area contributed by atoms with E-state index in [-0.39, 0.29) is 5.82 Å². The fraction of sp³-hybridized carbons (Fsp3) is 0.571. The number of aliphatic hydroxyl groups is 1. The molecule has 1 aromatic rings. The Morgan fingerprint density at radius 3 is 2.41 bits per heavy atom. The Morgan fingerprint density at radius 2 is 1.94 bits per heavy atom. The first-order valence-electron chi connectivity index (χ1n) is 6.26. The molecule has 0 heterocycles. The van der Waals surface area contributed by atoms with Crippen LogP contribution < -0.4 is 4.90 Å². The summed E-state index contributed by atoms with van der Waals surface area (Å²) in [5.41, 5.74) is 1.20. The number of aliphatic hydroxyl groups excluding tert-OH is 1. The third kappa shape index (κ3) is 2.97. The molecule has 0 saturated carbocycles. The van der Waals surface area contributed by atoms with E-state index in [0.29, 0.717) is 11.6 Å². The maximum absolute atomic E-state index is 13.8. The summed E-state index contributed by atoms with van der Waals surface area (Å²) in [5, 5.41) is 9.72. The van der Waals surface area contributed by atoms with Gasteiger partial charge in [0.25, 0.3) is 0 Å². The molecule has 96 valence electrons. The Balaban J connectivity index is 3.23. The van der Waals surface area contributed by atoms with Crippen LogP contribution >= 0.6 is 0 Å². The maximum atomic E-state index is 13.8. The summed E-state index contributed by atoms with van der Waals surface area (Å²) in [6.07, 6.45) is 0.202. The van der Waals surface area contributed by atoms with E-state index in [1.165, 1.54) is 6.07 Å². The van der Waals surface area contributed by atoms with Crippen molar-refractivity contribution < 1.29 is 9.50 Å². The molecule has 0 aromatic heterocycles.